The first-order valence-electron chi connectivity index (χ1n) is 3.11. The first kappa shape index (κ1) is 8.62. The lowest BCUT2D eigenvalue weighted by Gasteiger charge is -1.95. The maximum absolute atomic E-state index is 5.79. The van der Waals surface area contributed by atoms with Gasteiger partial charge in [0.25, 0.3) is 0 Å². The molecule has 1 heterocycles. The van der Waals surface area contributed by atoms with Gasteiger partial charge in [-0.3, -0.25) is 4.68 Å². The monoisotopic (exact) mass is 190 g/mol. The summed E-state index contributed by atoms with van der Waals surface area (Å²) in [6.45, 7) is 1.94. The number of nitrogens with zero attached hydrogens (tertiary/aromatic N) is 2. The Hall–Kier alpha value is -0.470. The van der Waals surface area contributed by atoms with E-state index in [4.69, 9.17) is 23.2 Å². The Bertz CT molecular complexity index is 289. The molecule has 0 saturated carbocycles. The van der Waals surface area contributed by atoms with Crippen molar-refractivity contribution in [3.63, 3.8) is 0 Å². The molecule has 0 spiro atoms. The lowest BCUT2D eigenvalue weighted by atomic mass is 10.2. The van der Waals surface area contributed by atoms with Gasteiger partial charge in [-0.25, -0.2) is 0 Å². The third kappa shape index (κ3) is 1.57. The van der Waals surface area contributed by atoms with Crippen LogP contribution in [0.1, 0.15) is 11.3 Å². The Morgan fingerprint density at radius 2 is 2.36 bits per heavy atom. The molecule has 0 radical (unpaired) electrons. The van der Waals surface area contributed by atoms with Crippen LogP contribution < -0.4 is 0 Å². The summed E-state index contributed by atoms with van der Waals surface area (Å²) in [7, 11) is 1.86. The molecule has 0 fully saturated rings. The first-order valence-corrected chi connectivity index (χ1v) is 3.93. The molecule has 0 aromatic carbocycles. The van der Waals surface area contributed by atoms with Crippen molar-refractivity contribution in [1.29, 1.82) is 0 Å². The lowest BCUT2D eigenvalue weighted by Crippen LogP contribution is -1.92. The van der Waals surface area contributed by atoms with E-state index in [0.717, 1.165) is 11.3 Å². The molecule has 0 aliphatic heterocycles. The molecule has 4 heteroatoms. The average Bonchev–Trinajstić information content (AvgIpc) is 2.32. The van der Waals surface area contributed by atoms with E-state index in [2.05, 4.69) is 5.10 Å². The molecule has 0 bridgehead atoms. The third-order valence-corrected chi connectivity index (χ3v) is 2.23. The normalized spacial score (nSPS) is 12.2. The van der Waals surface area contributed by atoms with Crippen molar-refractivity contribution < 1.29 is 0 Å². The van der Waals surface area contributed by atoms with Crippen molar-refractivity contribution in [2.75, 3.05) is 0 Å². The highest BCUT2D eigenvalue weighted by Gasteiger charge is 2.05. The van der Waals surface area contributed by atoms with Gasteiger partial charge in [0.15, 0.2) is 0 Å². The summed E-state index contributed by atoms with van der Waals surface area (Å²) in [5.41, 5.74) is 3.22. The van der Waals surface area contributed by atoms with Crippen LogP contribution in [-0.4, -0.2) is 9.78 Å². The Balaban J connectivity index is 3.15. The molecule has 0 N–H and O–H groups in total. The molecule has 60 valence electrons. The van der Waals surface area contributed by atoms with Crippen LogP contribution in [0.5, 0.6) is 0 Å². The summed E-state index contributed by atoms with van der Waals surface area (Å²) >= 11 is 11.2. The second-order valence-electron chi connectivity index (χ2n) is 2.22. The number of aryl methyl sites for hydroxylation is 1. The Morgan fingerprint density at radius 3 is 2.73 bits per heavy atom. The van der Waals surface area contributed by atoms with E-state index in [1.54, 1.807) is 10.9 Å². The van der Waals surface area contributed by atoms with Gasteiger partial charge in [-0.2, -0.15) is 5.10 Å². The molecule has 0 saturated heterocycles. The molecule has 2 nitrogen and oxygen atoms in total. The van der Waals surface area contributed by atoms with Gasteiger partial charge in [0.1, 0.15) is 0 Å². The number of rotatable bonds is 1. The first-order chi connectivity index (χ1) is 5.16. The minimum absolute atomic E-state index is 0.525. The van der Waals surface area contributed by atoms with Gasteiger partial charge in [0.2, 0.25) is 0 Å². The highest BCUT2D eigenvalue weighted by Crippen LogP contribution is 2.21. The summed E-state index contributed by atoms with van der Waals surface area (Å²) in [5, 5.41) is 4.54. The van der Waals surface area contributed by atoms with Crippen LogP contribution in [-0.2, 0) is 7.05 Å². The summed E-state index contributed by atoms with van der Waals surface area (Å²) < 4.78 is 1.75. The van der Waals surface area contributed by atoms with E-state index < -0.39 is 0 Å². The van der Waals surface area contributed by atoms with Crippen LogP contribution in [0.4, 0.5) is 0 Å². The van der Waals surface area contributed by atoms with Crippen LogP contribution in [0.2, 0.25) is 0 Å². The maximum atomic E-state index is 5.79. The van der Waals surface area contributed by atoms with E-state index in [-0.39, 0.29) is 0 Å². The van der Waals surface area contributed by atoms with Gasteiger partial charge in [0, 0.05) is 23.8 Å². The highest BCUT2D eigenvalue weighted by molar-refractivity contribution is 6.53. The van der Waals surface area contributed by atoms with E-state index in [1.807, 2.05) is 14.0 Å². The fourth-order valence-corrected chi connectivity index (χ4v) is 1.10. The zero-order chi connectivity index (χ0) is 8.43. The third-order valence-electron chi connectivity index (χ3n) is 1.59. The summed E-state index contributed by atoms with van der Waals surface area (Å²) in [5.74, 6) is 0. The topological polar surface area (TPSA) is 17.8 Å². The fourth-order valence-electron chi connectivity index (χ4n) is 0.792. The van der Waals surface area contributed by atoms with Crippen LogP contribution in [0.3, 0.4) is 0 Å². The predicted octanol–water partition coefficient (Wildman–Crippen LogP) is 2.50. The standard InChI is InChI=1S/C7H8Cl2N2/c1-5-6(7(9)3-8)4-10-11(5)2/h3-4H,1-2H3/b7-3-. The average molecular weight is 191 g/mol. The van der Waals surface area contributed by atoms with Gasteiger partial charge in [0.05, 0.1) is 11.2 Å². The van der Waals surface area contributed by atoms with Crippen molar-refractivity contribution in [3.8, 4) is 0 Å². The Kier molecular flexibility index (Phi) is 2.58. The highest BCUT2D eigenvalue weighted by atomic mass is 35.5. The van der Waals surface area contributed by atoms with Crippen molar-refractivity contribution >= 4 is 28.2 Å². The van der Waals surface area contributed by atoms with Crippen molar-refractivity contribution in [3.05, 3.63) is 23.0 Å². The maximum Gasteiger partial charge on any atom is 0.0625 e. The summed E-state index contributed by atoms with van der Waals surface area (Å²) in [6.07, 6.45) is 1.69. The van der Waals surface area contributed by atoms with Gasteiger partial charge in [-0.1, -0.05) is 23.2 Å². The minimum atomic E-state index is 0.525. The summed E-state index contributed by atoms with van der Waals surface area (Å²) in [6, 6.07) is 0. The Morgan fingerprint density at radius 1 is 1.73 bits per heavy atom. The SMILES string of the molecule is Cc1c(/C(Cl)=C/Cl)cnn1C. The molecule has 0 atom stereocenters. The molecule has 1 aromatic heterocycles. The van der Waals surface area contributed by atoms with E-state index in [1.165, 1.54) is 5.54 Å². The molecule has 0 aliphatic carbocycles. The lowest BCUT2D eigenvalue weighted by molar-refractivity contribution is 0.740. The molecule has 1 rings (SSSR count). The minimum Gasteiger partial charge on any atom is -0.272 e. The van der Waals surface area contributed by atoms with E-state index in [0.29, 0.717) is 5.03 Å². The van der Waals surface area contributed by atoms with Gasteiger partial charge >= 0.3 is 0 Å². The van der Waals surface area contributed by atoms with Gasteiger partial charge in [-0.05, 0) is 6.92 Å². The number of hydrogen-bond donors (Lipinski definition) is 0. The molecule has 11 heavy (non-hydrogen) atoms. The molecule has 0 aliphatic rings. The number of aromatic nitrogens is 2. The zero-order valence-electron chi connectivity index (χ0n) is 6.31. The van der Waals surface area contributed by atoms with Crippen LogP contribution in [0.25, 0.3) is 5.03 Å². The number of hydrogen-bond acceptors (Lipinski definition) is 1. The smallest absolute Gasteiger partial charge is 0.0625 e. The quantitative estimate of drug-likeness (QED) is 0.666. The van der Waals surface area contributed by atoms with Gasteiger partial charge < -0.3 is 0 Å². The molecular weight excluding hydrogens is 183 g/mol. The van der Waals surface area contributed by atoms with E-state index in [9.17, 15) is 0 Å². The summed E-state index contributed by atoms with van der Waals surface area (Å²) in [4.78, 5) is 0. The molecule has 0 amide bonds. The zero-order valence-corrected chi connectivity index (χ0v) is 7.82. The predicted molar refractivity (Wildman–Crippen MR) is 47.6 cm³/mol. The van der Waals surface area contributed by atoms with Crippen LogP contribution >= 0.6 is 23.2 Å². The molecule has 1 aromatic rings. The van der Waals surface area contributed by atoms with Crippen molar-refractivity contribution in [2.24, 2.45) is 7.05 Å². The fraction of sp³-hybridized carbons (Fsp3) is 0.286. The van der Waals surface area contributed by atoms with Crippen molar-refractivity contribution in [2.45, 2.75) is 6.92 Å². The second-order valence-corrected chi connectivity index (χ2v) is 2.85. The second kappa shape index (κ2) is 3.28. The molecule has 0 unspecified atom stereocenters. The van der Waals surface area contributed by atoms with E-state index >= 15 is 0 Å². The number of halogens is 2. The van der Waals surface area contributed by atoms with Crippen molar-refractivity contribution in [1.82, 2.24) is 9.78 Å². The Labute approximate surface area is 75.4 Å². The van der Waals surface area contributed by atoms with Crippen LogP contribution in [0.15, 0.2) is 11.7 Å². The van der Waals surface area contributed by atoms with Gasteiger partial charge in [-0.15, -0.1) is 0 Å². The molecular formula is C7H8Cl2N2. The largest absolute Gasteiger partial charge is 0.272 e. The van der Waals surface area contributed by atoms with Crippen LogP contribution in [0, 0.1) is 6.92 Å².